The minimum Gasteiger partial charge on any atom is -0.457 e. The number of nitriles is 1. The second-order valence-corrected chi connectivity index (χ2v) is 8.29. The van der Waals surface area contributed by atoms with E-state index in [4.69, 9.17) is 21.2 Å². The Morgan fingerprint density at radius 2 is 1.88 bits per heavy atom. The Hall–Kier alpha value is -3.98. The van der Waals surface area contributed by atoms with Crippen LogP contribution in [0.25, 0.3) is 17.4 Å². The normalized spacial score (nSPS) is 11.6. The van der Waals surface area contributed by atoms with Crippen molar-refractivity contribution in [1.29, 1.82) is 5.26 Å². The highest BCUT2D eigenvalue weighted by molar-refractivity contribution is 7.89. The molecule has 1 heterocycles. The van der Waals surface area contributed by atoms with Crippen LogP contribution in [-0.2, 0) is 14.8 Å². The Labute approximate surface area is 186 Å². The minimum absolute atomic E-state index is 0.0544. The van der Waals surface area contributed by atoms with Gasteiger partial charge in [-0.3, -0.25) is 14.9 Å². The zero-order chi connectivity index (χ0) is 23.5. The van der Waals surface area contributed by atoms with Crippen molar-refractivity contribution >= 4 is 45.0 Å². The number of carbonyl (C=O) groups excluding carboxylic acids is 1. The number of anilines is 1. The van der Waals surface area contributed by atoms with Gasteiger partial charge in [0.05, 0.1) is 20.5 Å². The summed E-state index contributed by atoms with van der Waals surface area (Å²) in [7, 11) is -3.82. The maximum absolute atomic E-state index is 12.4. The first-order valence-corrected chi connectivity index (χ1v) is 10.6. The van der Waals surface area contributed by atoms with Crippen molar-refractivity contribution in [3.8, 4) is 17.4 Å². The van der Waals surface area contributed by atoms with Crippen LogP contribution in [0, 0.1) is 21.4 Å². The van der Waals surface area contributed by atoms with Crippen LogP contribution in [0.15, 0.2) is 69.5 Å². The number of nitrogens with two attached hydrogens (primary N) is 1. The number of nitrogens with one attached hydrogen (secondary N) is 1. The van der Waals surface area contributed by atoms with Gasteiger partial charge in [-0.25, -0.2) is 13.6 Å². The molecule has 1 aromatic heterocycles. The van der Waals surface area contributed by atoms with Crippen molar-refractivity contribution in [3.05, 3.63) is 81.1 Å². The van der Waals surface area contributed by atoms with Crippen LogP contribution in [0.3, 0.4) is 0 Å². The molecule has 0 unspecified atom stereocenters. The number of hydrogen-bond acceptors (Lipinski definition) is 7. The third-order valence-electron chi connectivity index (χ3n) is 4.16. The Kier molecular flexibility index (Phi) is 6.40. The highest BCUT2D eigenvalue weighted by Gasteiger charge is 2.15. The lowest BCUT2D eigenvalue weighted by atomic mass is 10.2. The maximum atomic E-state index is 12.4. The van der Waals surface area contributed by atoms with Gasteiger partial charge in [-0.15, -0.1) is 0 Å². The molecule has 0 saturated heterocycles. The zero-order valence-electron chi connectivity index (χ0n) is 16.0. The highest BCUT2D eigenvalue weighted by Crippen LogP contribution is 2.28. The van der Waals surface area contributed by atoms with Gasteiger partial charge in [0, 0.05) is 23.8 Å². The van der Waals surface area contributed by atoms with Gasteiger partial charge in [0.2, 0.25) is 10.0 Å². The largest absolute Gasteiger partial charge is 0.457 e. The number of nitrogens with zero attached hydrogens (tertiary/aromatic N) is 2. The molecule has 0 aliphatic carbocycles. The van der Waals surface area contributed by atoms with Gasteiger partial charge < -0.3 is 9.73 Å². The summed E-state index contributed by atoms with van der Waals surface area (Å²) in [4.78, 5) is 22.5. The maximum Gasteiger partial charge on any atom is 0.271 e. The van der Waals surface area contributed by atoms with Gasteiger partial charge >= 0.3 is 0 Å². The highest BCUT2D eigenvalue weighted by atomic mass is 35.5. The van der Waals surface area contributed by atoms with Crippen LogP contribution in [0.4, 0.5) is 11.4 Å². The topological polar surface area (TPSA) is 169 Å². The number of halogens is 1. The first-order chi connectivity index (χ1) is 15.1. The van der Waals surface area contributed by atoms with E-state index in [9.17, 15) is 28.6 Å². The van der Waals surface area contributed by atoms with Gasteiger partial charge in [0.15, 0.2) is 0 Å². The summed E-state index contributed by atoms with van der Waals surface area (Å²) in [5, 5.41) is 27.5. The van der Waals surface area contributed by atoms with Crippen molar-refractivity contribution in [2.75, 3.05) is 5.32 Å². The lowest BCUT2D eigenvalue weighted by molar-refractivity contribution is -0.384. The van der Waals surface area contributed by atoms with Crippen molar-refractivity contribution < 1.29 is 22.6 Å². The number of hydrogen-bond donors (Lipinski definition) is 2. The van der Waals surface area contributed by atoms with E-state index in [1.54, 1.807) is 12.1 Å². The molecule has 0 saturated carbocycles. The van der Waals surface area contributed by atoms with E-state index >= 15 is 0 Å². The number of sulfonamides is 1. The van der Waals surface area contributed by atoms with E-state index < -0.39 is 20.9 Å². The van der Waals surface area contributed by atoms with Crippen LogP contribution < -0.4 is 10.5 Å². The fourth-order valence-corrected chi connectivity index (χ4v) is 3.33. The van der Waals surface area contributed by atoms with E-state index in [-0.39, 0.29) is 32.6 Å². The van der Waals surface area contributed by atoms with Crippen LogP contribution in [0.2, 0.25) is 5.02 Å². The zero-order valence-corrected chi connectivity index (χ0v) is 17.6. The van der Waals surface area contributed by atoms with Gasteiger partial charge in [-0.2, -0.15) is 5.26 Å². The van der Waals surface area contributed by atoms with Crippen LogP contribution >= 0.6 is 11.6 Å². The molecular formula is C20H13ClN4O6S. The number of nitro benzene ring substituents is 1. The first kappa shape index (κ1) is 22.7. The monoisotopic (exact) mass is 472 g/mol. The van der Waals surface area contributed by atoms with Crippen LogP contribution in [0.5, 0.6) is 0 Å². The molecule has 0 spiro atoms. The number of carbonyl (C=O) groups is 1. The molecule has 12 heteroatoms. The summed E-state index contributed by atoms with van der Waals surface area (Å²) in [5.74, 6) is -0.232. The molecule has 2 aromatic carbocycles. The number of benzene rings is 2. The summed E-state index contributed by atoms with van der Waals surface area (Å²) >= 11 is 5.95. The summed E-state index contributed by atoms with van der Waals surface area (Å²) < 4.78 is 28.3. The summed E-state index contributed by atoms with van der Waals surface area (Å²) in [5.41, 5.74) is 0.102. The predicted octanol–water partition coefficient (Wildman–Crippen LogP) is 3.70. The van der Waals surface area contributed by atoms with Gasteiger partial charge in [0.25, 0.3) is 11.6 Å². The van der Waals surface area contributed by atoms with Gasteiger partial charge in [0.1, 0.15) is 23.2 Å². The third kappa shape index (κ3) is 5.19. The molecule has 0 atom stereocenters. The quantitative estimate of drug-likeness (QED) is 0.238. The van der Waals surface area contributed by atoms with Crippen molar-refractivity contribution in [2.24, 2.45) is 5.14 Å². The Balaban J connectivity index is 1.80. The molecule has 32 heavy (non-hydrogen) atoms. The third-order valence-corrected chi connectivity index (χ3v) is 5.40. The Bertz CT molecular complexity index is 1390. The summed E-state index contributed by atoms with van der Waals surface area (Å²) in [6.45, 7) is 0. The molecule has 3 aromatic rings. The average Bonchev–Trinajstić information content (AvgIpc) is 3.21. The van der Waals surface area contributed by atoms with E-state index in [0.29, 0.717) is 11.3 Å². The molecule has 3 rings (SSSR count). The van der Waals surface area contributed by atoms with E-state index in [1.807, 2.05) is 0 Å². The molecule has 3 N–H and O–H groups in total. The Morgan fingerprint density at radius 1 is 1.19 bits per heavy atom. The number of furan rings is 1. The second-order valence-electron chi connectivity index (χ2n) is 6.32. The van der Waals surface area contributed by atoms with E-state index in [0.717, 1.165) is 12.1 Å². The lowest BCUT2D eigenvalue weighted by Gasteiger charge is -2.06. The molecule has 10 nitrogen and oxygen atoms in total. The van der Waals surface area contributed by atoms with E-state index in [1.165, 1.54) is 42.5 Å². The Morgan fingerprint density at radius 3 is 2.44 bits per heavy atom. The molecular weight excluding hydrogens is 460 g/mol. The number of amides is 1. The molecule has 162 valence electrons. The molecule has 1 amide bonds. The van der Waals surface area contributed by atoms with Crippen molar-refractivity contribution in [2.45, 2.75) is 4.90 Å². The molecule has 0 radical (unpaired) electrons. The standard InChI is InChI=1S/C20H13ClN4O6S/c21-17-10-14(25(27)28)3-7-18(17)24-20(26)13(11-22)9-15-4-8-19(31-15)12-1-5-16(6-2-12)32(23,29)30/h1-10H,(H,24,26)(H2,23,29,30). The van der Waals surface area contributed by atoms with Crippen LogP contribution in [0.1, 0.15) is 5.76 Å². The molecule has 0 aliphatic heterocycles. The minimum atomic E-state index is -3.82. The molecule has 0 aliphatic rings. The van der Waals surface area contributed by atoms with Crippen molar-refractivity contribution in [1.82, 2.24) is 0 Å². The number of rotatable bonds is 6. The molecule has 0 bridgehead atoms. The van der Waals surface area contributed by atoms with E-state index in [2.05, 4.69) is 5.32 Å². The lowest BCUT2D eigenvalue weighted by Crippen LogP contribution is -2.13. The number of primary sulfonamides is 1. The van der Waals surface area contributed by atoms with Crippen LogP contribution in [-0.4, -0.2) is 19.2 Å². The smallest absolute Gasteiger partial charge is 0.271 e. The summed E-state index contributed by atoms with van der Waals surface area (Å²) in [6.07, 6.45) is 1.21. The fourth-order valence-electron chi connectivity index (χ4n) is 2.59. The number of non-ortho nitro benzene ring substituents is 1. The first-order valence-electron chi connectivity index (χ1n) is 8.68. The van der Waals surface area contributed by atoms with Gasteiger partial charge in [-0.1, -0.05) is 11.6 Å². The average molecular weight is 473 g/mol. The fraction of sp³-hybridized carbons (Fsp3) is 0. The predicted molar refractivity (Wildman–Crippen MR) is 116 cm³/mol. The summed E-state index contributed by atoms with van der Waals surface area (Å²) in [6, 6.07) is 14.0. The van der Waals surface area contributed by atoms with Crippen molar-refractivity contribution in [3.63, 3.8) is 0 Å². The molecule has 0 fully saturated rings. The SMILES string of the molecule is N#CC(=Cc1ccc(-c2ccc(S(N)(=O)=O)cc2)o1)C(=O)Nc1ccc([N+](=O)[O-])cc1Cl. The van der Waals surface area contributed by atoms with Gasteiger partial charge in [-0.05, 0) is 42.5 Å². The second kappa shape index (κ2) is 9.03. The number of nitro groups is 1.